The number of aromatic nitrogens is 5. The molecule has 0 aliphatic carbocycles. The van der Waals surface area contributed by atoms with E-state index in [4.69, 9.17) is 4.74 Å². The van der Waals surface area contributed by atoms with E-state index in [1.165, 1.54) is 6.20 Å². The number of rotatable bonds is 11. The lowest BCUT2D eigenvalue weighted by Crippen LogP contribution is -2.44. The van der Waals surface area contributed by atoms with Gasteiger partial charge in [0.1, 0.15) is 17.1 Å². The maximum Gasteiger partial charge on any atom is 0.228 e. The molecule has 236 valence electrons. The summed E-state index contributed by atoms with van der Waals surface area (Å²) >= 11 is 0. The molecule has 1 fully saturated rings. The number of piperazine rings is 1. The number of anilines is 3. The third-order valence-electron chi connectivity index (χ3n) is 7.98. The summed E-state index contributed by atoms with van der Waals surface area (Å²) < 4.78 is 21.2. The molecule has 7 rings (SSSR count). The summed E-state index contributed by atoms with van der Waals surface area (Å²) in [6.07, 6.45) is 3.72. The van der Waals surface area contributed by atoms with Gasteiger partial charge in [0.2, 0.25) is 11.8 Å². The van der Waals surface area contributed by atoms with Gasteiger partial charge in [0.25, 0.3) is 0 Å². The number of pyridine rings is 1. The summed E-state index contributed by atoms with van der Waals surface area (Å²) in [6, 6.07) is 28.9. The molecule has 6 aromatic rings. The summed E-state index contributed by atoms with van der Waals surface area (Å²) in [5, 5.41) is 21.0. The van der Waals surface area contributed by atoms with Gasteiger partial charge in [-0.3, -0.25) is 0 Å². The van der Waals surface area contributed by atoms with Crippen LogP contribution in [0.5, 0.6) is 11.6 Å². The first kappa shape index (κ1) is 30.2. The molecule has 3 N–H and O–H groups in total. The van der Waals surface area contributed by atoms with Crippen LogP contribution >= 0.6 is 0 Å². The molecule has 0 saturated carbocycles. The highest BCUT2D eigenvalue weighted by atomic mass is 19.1. The van der Waals surface area contributed by atoms with Crippen molar-refractivity contribution in [3.63, 3.8) is 0 Å². The molecule has 1 aliphatic rings. The lowest BCUT2D eigenvalue weighted by atomic mass is 10.0. The van der Waals surface area contributed by atoms with E-state index in [-0.39, 0.29) is 11.6 Å². The second kappa shape index (κ2) is 14.3. The van der Waals surface area contributed by atoms with Crippen molar-refractivity contribution in [1.82, 2.24) is 35.4 Å². The minimum atomic E-state index is -0.555. The Morgan fingerprint density at radius 1 is 0.809 bits per heavy atom. The summed E-state index contributed by atoms with van der Waals surface area (Å²) in [6.45, 7) is 5.81. The van der Waals surface area contributed by atoms with Crippen molar-refractivity contribution < 1.29 is 9.13 Å². The van der Waals surface area contributed by atoms with Gasteiger partial charge in [0.15, 0.2) is 11.6 Å². The summed E-state index contributed by atoms with van der Waals surface area (Å²) in [7, 11) is 0. The third-order valence-corrected chi connectivity index (χ3v) is 7.98. The SMILES string of the molecule is Fc1cnc(NCCCN2CCNCC2)nc1-c1cccnc1Oc1ccc(Nc2nnc(-c3ccccc3)c3ccccc23)cc1. The van der Waals surface area contributed by atoms with Crippen LogP contribution in [0.2, 0.25) is 0 Å². The number of hydrogen-bond acceptors (Lipinski definition) is 10. The van der Waals surface area contributed by atoms with Crippen LogP contribution in [0.3, 0.4) is 0 Å². The molecule has 1 saturated heterocycles. The zero-order chi connectivity index (χ0) is 31.8. The van der Waals surface area contributed by atoms with Crippen LogP contribution in [0.25, 0.3) is 33.3 Å². The normalized spacial score (nSPS) is 13.4. The molecule has 0 radical (unpaired) electrons. The van der Waals surface area contributed by atoms with Gasteiger partial charge < -0.3 is 25.6 Å². The predicted molar refractivity (Wildman–Crippen MR) is 182 cm³/mol. The monoisotopic (exact) mass is 627 g/mol. The highest BCUT2D eigenvalue weighted by Crippen LogP contribution is 2.34. The van der Waals surface area contributed by atoms with Crippen molar-refractivity contribution in [2.75, 3.05) is 49.9 Å². The van der Waals surface area contributed by atoms with E-state index in [1.54, 1.807) is 18.3 Å². The molecule has 47 heavy (non-hydrogen) atoms. The fourth-order valence-corrected chi connectivity index (χ4v) is 5.59. The Morgan fingerprint density at radius 3 is 2.43 bits per heavy atom. The van der Waals surface area contributed by atoms with Gasteiger partial charge in [-0.2, -0.15) is 0 Å². The van der Waals surface area contributed by atoms with Gasteiger partial charge in [0.05, 0.1) is 11.8 Å². The van der Waals surface area contributed by atoms with E-state index in [1.807, 2.05) is 78.9 Å². The molecular weight excluding hydrogens is 593 g/mol. The van der Waals surface area contributed by atoms with Gasteiger partial charge in [0, 0.05) is 60.9 Å². The smallest absolute Gasteiger partial charge is 0.228 e. The van der Waals surface area contributed by atoms with Gasteiger partial charge in [-0.15, -0.1) is 10.2 Å². The number of benzene rings is 3. The Hall–Kier alpha value is -5.52. The first-order chi connectivity index (χ1) is 23.2. The van der Waals surface area contributed by atoms with Gasteiger partial charge in [-0.05, 0) is 49.4 Å². The molecule has 0 unspecified atom stereocenters. The largest absolute Gasteiger partial charge is 0.438 e. The second-order valence-electron chi connectivity index (χ2n) is 11.2. The predicted octanol–water partition coefficient (Wildman–Crippen LogP) is 6.53. The van der Waals surface area contributed by atoms with Crippen LogP contribution in [0.1, 0.15) is 6.42 Å². The fraction of sp³-hybridized carbons (Fsp3) is 0.194. The highest BCUT2D eigenvalue weighted by molar-refractivity contribution is 6.00. The Balaban J connectivity index is 1.04. The zero-order valence-electron chi connectivity index (χ0n) is 25.7. The van der Waals surface area contributed by atoms with Crippen LogP contribution < -0.4 is 20.7 Å². The number of ether oxygens (including phenoxy) is 1. The maximum atomic E-state index is 15.0. The first-order valence-corrected chi connectivity index (χ1v) is 15.7. The van der Waals surface area contributed by atoms with Crippen LogP contribution in [-0.4, -0.2) is 69.3 Å². The molecule has 11 heteroatoms. The molecular formula is C36H34FN9O. The number of nitrogens with one attached hydrogen (secondary N) is 3. The maximum absolute atomic E-state index is 15.0. The summed E-state index contributed by atoms with van der Waals surface area (Å²) in [5.74, 6) is 1.23. The fourth-order valence-electron chi connectivity index (χ4n) is 5.59. The van der Waals surface area contributed by atoms with E-state index < -0.39 is 5.82 Å². The Bertz CT molecular complexity index is 1950. The van der Waals surface area contributed by atoms with Crippen molar-refractivity contribution in [1.29, 1.82) is 0 Å². The molecule has 0 amide bonds. The lowest BCUT2D eigenvalue weighted by Gasteiger charge is -2.27. The van der Waals surface area contributed by atoms with Crippen molar-refractivity contribution in [2.24, 2.45) is 0 Å². The Morgan fingerprint density at radius 2 is 1.60 bits per heavy atom. The topological polar surface area (TPSA) is 113 Å². The van der Waals surface area contributed by atoms with Crippen molar-refractivity contribution in [3.8, 4) is 34.1 Å². The van der Waals surface area contributed by atoms with Gasteiger partial charge >= 0.3 is 0 Å². The summed E-state index contributed by atoms with van der Waals surface area (Å²) in [5.41, 5.74) is 3.19. The van der Waals surface area contributed by atoms with Crippen molar-refractivity contribution in [2.45, 2.75) is 6.42 Å². The molecule has 3 aromatic heterocycles. The van der Waals surface area contributed by atoms with E-state index >= 15 is 4.39 Å². The van der Waals surface area contributed by atoms with E-state index in [2.05, 4.69) is 46.0 Å². The van der Waals surface area contributed by atoms with Crippen LogP contribution in [0, 0.1) is 5.82 Å². The zero-order valence-corrected chi connectivity index (χ0v) is 25.7. The molecule has 0 spiro atoms. The first-order valence-electron chi connectivity index (χ1n) is 15.7. The summed E-state index contributed by atoms with van der Waals surface area (Å²) in [4.78, 5) is 15.4. The highest BCUT2D eigenvalue weighted by Gasteiger charge is 2.17. The lowest BCUT2D eigenvalue weighted by molar-refractivity contribution is 0.240. The quantitative estimate of drug-likeness (QED) is 0.137. The minimum Gasteiger partial charge on any atom is -0.438 e. The van der Waals surface area contributed by atoms with Gasteiger partial charge in [-0.1, -0.05) is 54.6 Å². The second-order valence-corrected chi connectivity index (χ2v) is 11.2. The molecule has 10 nitrogen and oxygen atoms in total. The van der Waals surface area contributed by atoms with E-state index in [9.17, 15) is 0 Å². The number of halogens is 1. The molecule has 0 atom stereocenters. The number of nitrogens with zero attached hydrogens (tertiary/aromatic N) is 6. The van der Waals surface area contributed by atoms with E-state index in [0.29, 0.717) is 29.6 Å². The average Bonchev–Trinajstić information content (AvgIpc) is 3.13. The number of hydrogen-bond donors (Lipinski definition) is 3. The number of fused-ring (bicyclic) bond motifs is 1. The molecule has 3 aromatic carbocycles. The Kier molecular flexibility index (Phi) is 9.16. The van der Waals surface area contributed by atoms with E-state index in [0.717, 1.165) is 66.9 Å². The standard InChI is InChI=1S/C36H34FN9O/c37-31-24-41-36(40-18-7-21-46-22-19-38-20-23-46)43-33(31)30-12-6-17-39-35(30)47-27-15-13-26(14-16-27)42-34-29-11-5-4-10-28(29)32(44-45-34)25-8-2-1-3-9-25/h1-6,8-17,24,38H,7,18-23H2,(H,42,45)(H,40,41,43). The third kappa shape index (κ3) is 7.16. The molecule has 4 heterocycles. The Labute approximate surface area is 272 Å². The van der Waals surface area contributed by atoms with Crippen LogP contribution in [0.15, 0.2) is 103 Å². The molecule has 0 bridgehead atoms. The molecule has 1 aliphatic heterocycles. The van der Waals surface area contributed by atoms with Crippen molar-refractivity contribution >= 4 is 28.2 Å². The average molecular weight is 628 g/mol. The minimum absolute atomic E-state index is 0.121. The van der Waals surface area contributed by atoms with Crippen LogP contribution in [-0.2, 0) is 0 Å². The van der Waals surface area contributed by atoms with Crippen LogP contribution in [0.4, 0.5) is 21.8 Å². The van der Waals surface area contributed by atoms with Crippen molar-refractivity contribution in [3.05, 3.63) is 109 Å². The van der Waals surface area contributed by atoms with Gasteiger partial charge in [-0.25, -0.2) is 19.3 Å².